The maximum Gasteiger partial charge on any atom is 0.459 e. The Morgan fingerprint density at radius 2 is 1.61 bits per heavy atom. The fourth-order valence-electron chi connectivity index (χ4n) is 1.65. The smallest absolute Gasteiger partial charge is 0.459 e. The number of hydroxylamine groups is 1. The Labute approximate surface area is 160 Å². The number of alkyl halides is 7. The molecular weight excluding hydrogens is 445 g/mol. The highest BCUT2D eigenvalue weighted by molar-refractivity contribution is 7.86. The van der Waals surface area contributed by atoms with Crippen molar-refractivity contribution < 1.29 is 48.2 Å². The van der Waals surface area contributed by atoms with Crippen LogP contribution in [0.1, 0.15) is 12.8 Å². The zero-order valence-electron chi connectivity index (χ0n) is 13.6. The van der Waals surface area contributed by atoms with Gasteiger partial charge >= 0.3 is 33.3 Å². The Morgan fingerprint density at radius 1 is 1.07 bits per heavy atom. The van der Waals surface area contributed by atoms with Gasteiger partial charge in [-0.05, 0) is 30.8 Å². The predicted octanol–water partition coefficient (Wildman–Crippen LogP) is 3.40. The van der Waals surface area contributed by atoms with Gasteiger partial charge in [0.1, 0.15) is 0 Å². The monoisotopic (exact) mass is 458 g/mol. The van der Waals surface area contributed by atoms with Crippen LogP contribution in [0.3, 0.4) is 0 Å². The number of nitrogens with zero attached hydrogens (tertiary/aromatic N) is 1. The number of rotatable bonds is 8. The van der Waals surface area contributed by atoms with E-state index in [1.54, 1.807) is 0 Å². The van der Waals surface area contributed by atoms with E-state index >= 15 is 0 Å². The Bertz CT molecular complexity index is 773. The summed E-state index contributed by atoms with van der Waals surface area (Å²) in [5.41, 5.74) is 0. The van der Waals surface area contributed by atoms with E-state index < -0.39 is 52.8 Å². The Kier molecular flexibility index (Phi) is 7.60. The van der Waals surface area contributed by atoms with Crippen molar-refractivity contribution in [2.45, 2.75) is 35.8 Å². The van der Waals surface area contributed by atoms with E-state index in [2.05, 4.69) is 21.2 Å². The third-order valence-corrected chi connectivity index (χ3v) is 4.57. The highest BCUT2D eigenvalue weighted by atomic mass is 32.2. The van der Waals surface area contributed by atoms with Crippen molar-refractivity contribution >= 4 is 27.5 Å². The van der Waals surface area contributed by atoms with Crippen LogP contribution in [0, 0.1) is 0 Å². The molecule has 0 aromatic heterocycles. The SMILES string of the molecule is NN(OS(=O)(=O)c1ccccc1)C(=S)OCCCC(F)(F)C(F)(F)C(F)(F)F. The number of hydrogen-bond acceptors (Lipinski definition) is 6. The molecule has 1 aromatic carbocycles. The average Bonchev–Trinajstić information content (AvgIpc) is 2.57. The normalized spacial score (nSPS) is 13.3. The lowest BCUT2D eigenvalue weighted by atomic mass is 10.1. The van der Waals surface area contributed by atoms with Crippen LogP contribution in [0.5, 0.6) is 0 Å². The molecule has 0 spiro atoms. The second-order valence-electron chi connectivity index (χ2n) is 5.16. The van der Waals surface area contributed by atoms with E-state index in [1.165, 1.54) is 18.2 Å². The molecule has 0 aliphatic heterocycles. The van der Waals surface area contributed by atoms with Gasteiger partial charge in [0.05, 0.1) is 11.5 Å². The van der Waals surface area contributed by atoms with Gasteiger partial charge in [-0.25, -0.2) is 5.84 Å². The number of ether oxygens (including phenoxy) is 1. The van der Waals surface area contributed by atoms with Gasteiger partial charge in [-0.3, -0.25) is 0 Å². The predicted molar refractivity (Wildman–Crippen MR) is 84.5 cm³/mol. The van der Waals surface area contributed by atoms with Crippen LogP contribution in [-0.4, -0.2) is 43.4 Å². The van der Waals surface area contributed by atoms with Gasteiger partial charge in [0.25, 0.3) is 0 Å². The first kappa shape index (κ1) is 24.3. The standard InChI is InChI=1S/C13H13F7N2O4S2/c14-11(15,12(16,17)13(18,19)20)7-4-8-25-10(27)22(21)26-28(23,24)9-5-2-1-3-6-9/h1-3,5-6H,4,7-8,21H2. The highest BCUT2D eigenvalue weighted by Crippen LogP contribution is 2.48. The van der Waals surface area contributed by atoms with Crippen molar-refractivity contribution in [3.63, 3.8) is 0 Å². The van der Waals surface area contributed by atoms with E-state index in [4.69, 9.17) is 5.84 Å². The molecule has 0 unspecified atom stereocenters. The molecule has 0 radical (unpaired) electrons. The number of thiocarbonyl (C=S) groups is 1. The van der Waals surface area contributed by atoms with Crippen molar-refractivity contribution in [3.05, 3.63) is 30.3 Å². The third-order valence-electron chi connectivity index (χ3n) is 3.07. The van der Waals surface area contributed by atoms with E-state index in [-0.39, 0.29) is 10.1 Å². The number of hydrogen-bond donors (Lipinski definition) is 1. The molecular formula is C13H13F7N2O4S2. The van der Waals surface area contributed by atoms with Crippen molar-refractivity contribution in [2.75, 3.05) is 6.61 Å². The van der Waals surface area contributed by atoms with Gasteiger partial charge in [-0.2, -0.15) is 39.2 Å². The van der Waals surface area contributed by atoms with Gasteiger partial charge in [0.2, 0.25) is 0 Å². The second kappa shape index (κ2) is 8.75. The van der Waals surface area contributed by atoms with Crippen LogP contribution in [0.15, 0.2) is 35.2 Å². The molecule has 28 heavy (non-hydrogen) atoms. The maximum atomic E-state index is 13.1. The molecule has 15 heteroatoms. The summed E-state index contributed by atoms with van der Waals surface area (Å²) >= 11 is 4.51. The quantitative estimate of drug-likeness (QED) is 0.210. The molecule has 1 rings (SSSR count). The van der Waals surface area contributed by atoms with Crippen molar-refractivity contribution in [1.82, 2.24) is 5.17 Å². The van der Waals surface area contributed by atoms with Gasteiger partial charge in [-0.1, -0.05) is 18.2 Å². The molecule has 0 heterocycles. The number of halogens is 7. The Balaban J connectivity index is 2.55. The molecule has 0 saturated heterocycles. The lowest BCUT2D eigenvalue weighted by Crippen LogP contribution is -2.51. The van der Waals surface area contributed by atoms with Crippen molar-refractivity contribution in [2.24, 2.45) is 5.84 Å². The zero-order valence-corrected chi connectivity index (χ0v) is 15.3. The Morgan fingerprint density at radius 3 is 2.11 bits per heavy atom. The lowest BCUT2D eigenvalue weighted by Gasteiger charge is -2.28. The van der Waals surface area contributed by atoms with Crippen LogP contribution < -0.4 is 5.84 Å². The van der Waals surface area contributed by atoms with Crippen LogP contribution in [0.25, 0.3) is 0 Å². The summed E-state index contributed by atoms with van der Waals surface area (Å²) in [4.78, 5) is -0.303. The summed E-state index contributed by atoms with van der Waals surface area (Å²) in [6, 6.07) is 6.60. The minimum absolute atomic E-state index is 0.0415. The summed E-state index contributed by atoms with van der Waals surface area (Å²) in [5.74, 6) is -6.43. The molecule has 6 nitrogen and oxygen atoms in total. The van der Waals surface area contributed by atoms with E-state index in [0.29, 0.717) is 0 Å². The molecule has 0 fully saturated rings. The number of hydrazine groups is 1. The minimum atomic E-state index is -6.43. The molecule has 1 aromatic rings. The molecule has 0 aliphatic carbocycles. The lowest BCUT2D eigenvalue weighted by molar-refractivity contribution is -0.355. The average molecular weight is 458 g/mol. The largest absolute Gasteiger partial charge is 0.468 e. The molecule has 160 valence electrons. The maximum absolute atomic E-state index is 13.1. The molecule has 0 bridgehead atoms. The molecule has 0 amide bonds. The third kappa shape index (κ3) is 5.89. The van der Waals surface area contributed by atoms with Gasteiger partial charge in [-0.15, -0.1) is 9.46 Å². The van der Waals surface area contributed by atoms with Crippen LogP contribution in [0.4, 0.5) is 30.7 Å². The highest BCUT2D eigenvalue weighted by Gasteiger charge is 2.72. The molecule has 0 aliphatic rings. The number of benzene rings is 1. The van der Waals surface area contributed by atoms with E-state index in [0.717, 1.165) is 12.1 Å². The topological polar surface area (TPSA) is 81.9 Å². The van der Waals surface area contributed by atoms with Crippen molar-refractivity contribution in [1.29, 1.82) is 0 Å². The Hall–Kier alpha value is -1.71. The first-order valence-corrected chi connectivity index (χ1v) is 8.97. The summed E-state index contributed by atoms with van der Waals surface area (Å²) in [5, 5.41) is -0.925. The summed E-state index contributed by atoms with van der Waals surface area (Å²) in [6.45, 7) is -0.856. The van der Waals surface area contributed by atoms with Crippen molar-refractivity contribution in [3.8, 4) is 0 Å². The minimum Gasteiger partial charge on any atom is -0.468 e. The van der Waals surface area contributed by atoms with Crippen LogP contribution in [-0.2, 0) is 19.1 Å². The van der Waals surface area contributed by atoms with Crippen LogP contribution in [0.2, 0.25) is 0 Å². The zero-order chi connectivity index (χ0) is 21.8. The molecule has 0 saturated carbocycles. The molecule has 0 atom stereocenters. The van der Waals surface area contributed by atoms with E-state index in [1.807, 2.05) is 0 Å². The van der Waals surface area contributed by atoms with Crippen LogP contribution >= 0.6 is 12.2 Å². The fraction of sp³-hybridized carbons (Fsp3) is 0.462. The first-order valence-electron chi connectivity index (χ1n) is 7.15. The first-order chi connectivity index (χ1) is 12.6. The van der Waals surface area contributed by atoms with Gasteiger partial charge in [0, 0.05) is 6.42 Å². The summed E-state index contributed by atoms with van der Waals surface area (Å²) < 4.78 is 120. The summed E-state index contributed by atoms with van der Waals surface area (Å²) in [7, 11) is -4.40. The fourth-order valence-corrected chi connectivity index (χ4v) is 2.67. The summed E-state index contributed by atoms with van der Waals surface area (Å²) in [6.07, 6.45) is -9.28. The molecule has 2 N–H and O–H groups in total. The second-order valence-corrected chi connectivity index (χ2v) is 7.04. The number of nitrogens with two attached hydrogens (primary N) is 1. The van der Waals surface area contributed by atoms with Gasteiger partial charge in [0.15, 0.2) is 0 Å². The van der Waals surface area contributed by atoms with E-state index in [9.17, 15) is 39.2 Å². The van der Waals surface area contributed by atoms with Gasteiger partial charge < -0.3 is 4.74 Å².